The van der Waals surface area contributed by atoms with E-state index in [1.54, 1.807) is 12.3 Å². The fraction of sp³-hybridized carbons (Fsp3) is 0.211. The molecule has 1 heterocycles. The molecule has 0 bridgehead atoms. The number of benzene rings is 2. The van der Waals surface area contributed by atoms with Crippen LogP contribution in [0.15, 0.2) is 54.7 Å². The van der Waals surface area contributed by atoms with E-state index in [1.807, 2.05) is 36.4 Å². The molecule has 0 aliphatic heterocycles. The number of nitrogens with zero attached hydrogens (tertiary/aromatic N) is 3. The first-order valence-electron chi connectivity index (χ1n) is 8.01. The number of aromatic nitrogens is 3. The summed E-state index contributed by atoms with van der Waals surface area (Å²) in [5.41, 5.74) is 2.95. The molecule has 1 aromatic heterocycles. The minimum atomic E-state index is 0.0166. The highest BCUT2D eigenvalue weighted by molar-refractivity contribution is 6.33. The third-order valence-corrected chi connectivity index (χ3v) is 4.01. The van der Waals surface area contributed by atoms with Gasteiger partial charge in [-0.15, -0.1) is 5.10 Å². The fourth-order valence-corrected chi connectivity index (χ4v) is 2.67. The van der Waals surface area contributed by atoms with Crippen LogP contribution in [0, 0.1) is 0 Å². The molecule has 0 saturated heterocycles. The Bertz CT molecular complexity index is 873. The minimum absolute atomic E-state index is 0.0166. The topological polar surface area (TPSA) is 62.7 Å². The van der Waals surface area contributed by atoms with Gasteiger partial charge in [0.25, 0.3) is 0 Å². The number of anilines is 4. The average molecular weight is 354 g/mol. The quantitative estimate of drug-likeness (QED) is 0.665. The molecular weight excluding hydrogens is 334 g/mol. The summed E-state index contributed by atoms with van der Waals surface area (Å²) in [6.45, 7) is 6.53. The fourth-order valence-electron chi connectivity index (χ4n) is 2.48. The van der Waals surface area contributed by atoms with E-state index in [-0.39, 0.29) is 5.41 Å². The van der Waals surface area contributed by atoms with Crippen LogP contribution in [-0.4, -0.2) is 15.2 Å². The molecule has 0 aliphatic rings. The largest absolute Gasteiger partial charge is 0.339 e. The van der Waals surface area contributed by atoms with Crippen molar-refractivity contribution in [1.29, 1.82) is 0 Å². The van der Waals surface area contributed by atoms with Crippen molar-refractivity contribution < 1.29 is 0 Å². The number of hydrogen-bond acceptors (Lipinski definition) is 5. The summed E-state index contributed by atoms with van der Waals surface area (Å²) in [5, 5.41) is 15.1. The molecule has 128 valence electrons. The second-order valence-corrected chi connectivity index (χ2v) is 7.10. The first-order valence-corrected chi connectivity index (χ1v) is 8.39. The zero-order valence-electron chi connectivity index (χ0n) is 14.4. The Morgan fingerprint density at radius 2 is 1.56 bits per heavy atom. The summed E-state index contributed by atoms with van der Waals surface area (Å²) < 4.78 is 0. The molecule has 0 spiro atoms. The molecule has 3 rings (SSSR count). The van der Waals surface area contributed by atoms with Crippen LogP contribution in [0.1, 0.15) is 26.3 Å². The molecule has 0 amide bonds. The number of para-hydroxylation sites is 2. The van der Waals surface area contributed by atoms with Gasteiger partial charge in [0.2, 0.25) is 5.95 Å². The first-order chi connectivity index (χ1) is 11.9. The van der Waals surface area contributed by atoms with Gasteiger partial charge in [0.05, 0.1) is 16.9 Å². The van der Waals surface area contributed by atoms with Crippen molar-refractivity contribution in [2.75, 3.05) is 10.6 Å². The van der Waals surface area contributed by atoms with Gasteiger partial charge in [-0.25, -0.2) is 0 Å². The van der Waals surface area contributed by atoms with Crippen molar-refractivity contribution in [1.82, 2.24) is 15.2 Å². The summed E-state index contributed by atoms with van der Waals surface area (Å²) in [7, 11) is 0. The van der Waals surface area contributed by atoms with Gasteiger partial charge in [0.15, 0.2) is 5.82 Å². The van der Waals surface area contributed by atoms with E-state index in [0.717, 1.165) is 11.4 Å². The van der Waals surface area contributed by atoms with Crippen LogP contribution in [0.25, 0.3) is 0 Å². The smallest absolute Gasteiger partial charge is 0.249 e. The molecule has 25 heavy (non-hydrogen) atoms. The molecule has 0 unspecified atom stereocenters. The van der Waals surface area contributed by atoms with Crippen molar-refractivity contribution >= 4 is 34.7 Å². The van der Waals surface area contributed by atoms with Gasteiger partial charge >= 0.3 is 0 Å². The number of rotatable bonds is 4. The number of halogens is 1. The van der Waals surface area contributed by atoms with Crippen LogP contribution in [-0.2, 0) is 5.41 Å². The summed E-state index contributed by atoms with van der Waals surface area (Å²) in [6.07, 6.45) is 1.59. The highest BCUT2D eigenvalue weighted by atomic mass is 35.5. The van der Waals surface area contributed by atoms with Crippen molar-refractivity contribution in [3.05, 3.63) is 65.3 Å². The Hall–Kier alpha value is -2.66. The first kappa shape index (κ1) is 17.2. The zero-order valence-corrected chi connectivity index (χ0v) is 15.2. The van der Waals surface area contributed by atoms with E-state index in [4.69, 9.17) is 11.6 Å². The molecule has 0 aliphatic carbocycles. The lowest BCUT2D eigenvalue weighted by Crippen LogP contribution is -2.14. The SMILES string of the molecule is CC(C)(C)c1ccccc1Nc1cnnc(Nc2ccccc2Cl)n1. The summed E-state index contributed by atoms with van der Waals surface area (Å²) in [5.74, 6) is 0.993. The molecule has 0 atom stereocenters. The van der Waals surface area contributed by atoms with Crippen LogP contribution < -0.4 is 10.6 Å². The molecule has 0 radical (unpaired) electrons. The predicted octanol–water partition coefficient (Wildman–Crippen LogP) is 5.31. The van der Waals surface area contributed by atoms with Crippen molar-refractivity contribution in [2.45, 2.75) is 26.2 Å². The average Bonchev–Trinajstić information content (AvgIpc) is 2.57. The molecule has 0 saturated carbocycles. The highest BCUT2D eigenvalue weighted by Gasteiger charge is 2.17. The van der Waals surface area contributed by atoms with Gasteiger partial charge in [-0.1, -0.05) is 62.7 Å². The van der Waals surface area contributed by atoms with Crippen LogP contribution >= 0.6 is 11.6 Å². The maximum atomic E-state index is 6.16. The summed E-state index contributed by atoms with van der Waals surface area (Å²) >= 11 is 6.16. The molecule has 3 aromatic rings. The third kappa shape index (κ3) is 4.25. The van der Waals surface area contributed by atoms with Gasteiger partial charge in [0, 0.05) is 5.69 Å². The molecule has 0 fully saturated rings. The monoisotopic (exact) mass is 353 g/mol. The van der Waals surface area contributed by atoms with Crippen molar-refractivity contribution in [3.63, 3.8) is 0 Å². The second kappa shape index (κ2) is 7.07. The Labute approximate surface area is 152 Å². The Kier molecular flexibility index (Phi) is 4.86. The zero-order chi connectivity index (χ0) is 17.9. The highest BCUT2D eigenvalue weighted by Crippen LogP contribution is 2.31. The van der Waals surface area contributed by atoms with E-state index >= 15 is 0 Å². The predicted molar refractivity (Wildman–Crippen MR) is 103 cm³/mol. The van der Waals surface area contributed by atoms with Gasteiger partial charge in [-0.2, -0.15) is 10.1 Å². The molecule has 2 aromatic carbocycles. The Morgan fingerprint density at radius 1 is 0.880 bits per heavy atom. The number of nitrogens with one attached hydrogen (secondary N) is 2. The maximum absolute atomic E-state index is 6.16. The molecular formula is C19H20ClN5. The lowest BCUT2D eigenvalue weighted by molar-refractivity contribution is 0.592. The third-order valence-electron chi connectivity index (χ3n) is 3.68. The van der Waals surface area contributed by atoms with Crippen molar-refractivity contribution in [2.24, 2.45) is 0 Å². The minimum Gasteiger partial charge on any atom is -0.339 e. The van der Waals surface area contributed by atoms with E-state index < -0.39 is 0 Å². The van der Waals surface area contributed by atoms with Gasteiger partial charge in [0.1, 0.15) is 0 Å². The lowest BCUT2D eigenvalue weighted by atomic mass is 9.86. The van der Waals surface area contributed by atoms with E-state index in [1.165, 1.54) is 5.56 Å². The molecule has 5 nitrogen and oxygen atoms in total. The standard InChI is InChI=1S/C19H20ClN5/c1-19(2,3)13-8-4-6-10-15(13)22-17-12-21-25-18(24-17)23-16-11-7-5-9-14(16)20/h4-12H,1-3H3,(H2,22,23,24,25). The Morgan fingerprint density at radius 3 is 2.28 bits per heavy atom. The molecule has 6 heteroatoms. The van der Waals surface area contributed by atoms with Gasteiger partial charge in [-0.05, 0) is 29.2 Å². The van der Waals surface area contributed by atoms with E-state index in [2.05, 4.69) is 52.7 Å². The van der Waals surface area contributed by atoms with Gasteiger partial charge < -0.3 is 10.6 Å². The Balaban J connectivity index is 1.85. The van der Waals surface area contributed by atoms with Crippen molar-refractivity contribution in [3.8, 4) is 0 Å². The maximum Gasteiger partial charge on any atom is 0.249 e. The number of hydrogen-bond donors (Lipinski definition) is 2. The summed E-state index contributed by atoms with van der Waals surface area (Å²) in [6, 6.07) is 15.6. The van der Waals surface area contributed by atoms with Gasteiger partial charge in [-0.3, -0.25) is 0 Å². The van der Waals surface area contributed by atoms with Crippen LogP contribution in [0.5, 0.6) is 0 Å². The summed E-state index contributed by atoms with van der Waals surface area (Å²) in [4.78, 5) is 4.47. The van der Waals surface area contributed by atoms with E-state index in [9.17, 15) is 0 Å². The molecule has 2 N–H and O–H groups in total. The van der Waals surface area contributed by atoms with Crippen LogP contribution in [0.2, 0.25) is 5.02 Å². The lowest BCUT2D eigenvalue weighted by Gasteiger charge is -2.23. The van der Waals surface area contributed by atoms with Crippen LogP contribution in [0.3, 0.4) is 0 Å². The van der Waals surface area contributed by atoms with E-state index in [0.29, 0.717) is 16.8 Å². The normalized spacial score (nSPS) is 11.2. The second-order valence-electron chi connectivity index (χ2n) is 6.69. The van der Waals surface area contributed by atoms with Crippen LogP contribution in [0.4, 0.5) is 23.1 Å².